The third-order valence-electron chi connectivity index (χ3n) is 6.24. The van der Waals surface area contributed by atoms with Gasteiger partial charge in [0.15, 0.2) is 23.0 Å². The van der Waals surface area contributed by atoms with Crippen molar-refractivity contribution in [2.75, 3.05) is 20.2 Å². The van der Waals surface area contributed by atoms with E-state index in [1.807, 2.05) is 30.3 Å². The van der Waals surface area contributed by atoms with E-state index < -0.39 is 37.3 Å². The lowest BCUT2D eigenvalue weighted by atomic mass is 9.96. The van der Waals surface area contributed by atoms with Crippen molar-refractivity contribution in [3.8, 4) is 39.9 Å². The summed E-state index contributed by atoms with van der Waals surface area (Å²) in [6.45, 7) is -0.286. The maximum Gasteiger partial charge on any atom is 0.231 e. The normalized spacial score (nSPS) is 27.2. The molecule has 34 heavy (non-hydrogen) atoms. The van der Waals surface area contributed by atoms with Gasteiger partial charge >= 0.3 is 0 Å². The predicted molar refractivity (Wildman–Crippen MR) is 116 cm³/mol. The third kappa shape index (κ3) is 3.39. The molecule has 0 radical (unpaired) electrons. The zero-order valence-electron chi connectivity index (χ0n) is 17.8. The number of hydrogen-bond acceptors (Lipinski definition) is 10. The molecule has 0 amide bonds. The van der Waals surface area contributed by atoms with E-state index in [-0.39, 0.29) is 13.6 Å². The van der Waals surface area contributed by atoms with Gasteiger partial charge in [0.25, 0.3) is 0 Å². The zero-order valence-corrected chi connectivity index (χ0v) is 17.8. The minimum Gasteiger partial charge on any atom is -0.461 e. The number of aliphatic hydroxyl groups excluding tert-OH is 4. The van der Waals surface area contributed by atoms with Gasteiger partial charge in [0.1, 0.15) is 30.2 Å². The fraction of sp³-hybridized carbons (Fsp3) is 0.333. The lowest BCUT2D eigenvalue weighted by Crippen LogP contribution is -2.60. The molecule has 10 nitrogen and oxygen atoms in total. The molecule has 3 heterocycles. The Kier molecular flexibility index (Phi) is 5.12. The second kappa shape index (κ2) is 8.19. The van der Waals surface area contributed by atoms with E-state index in [0.717, 1.165) is 16.5 Å². The van der Waals surface area contributed by atoms with Crippen LogP contribution >= 0.6 is 0 Å². The highest BCUT2D eigenvalue weighted by atomic mass is 16.7. The quantitative estimate of drug-likeness (QED) is 0.439. The van der Waals surface area contributed by atoms with Gasteiger partial charge in [-0.25, -0.2) is 0 Å². The smallest absolute Gasteiger partial charge is 0.231 e. The molecule has 0 aromatic heterocycles. The van der Waals surface area contributed by atoms with Gasteiger partial charge in [-0.3, -0.25) is 0 Å². The summed E-state index contributed by atoms with van der Waals surface area (Å²) >= 11 is 0. The summed E-state index contributed by atoms with van der Waals surface area (Å²) in [5.41, 5.74) is 1.75. The summed E-state index contributed by atoms with van der Waals surface area (Å²) in [5, 5.41) is 41.5. The molecule has 1 saturated heterocycles. The summed E-state index contributed by atoms with van der Waals surface area (Å²) in [4.78, 5) is 0. The van der Waals surface area contributed by atoms with Gasteiger partial charge in [-0.05, 0) is 46.8 Å². The predicted octanol–water partition coefficient (Wildman–Crippen LogP) is 1.14. The Labute approximate surface area is 193 Å². The fourth-order valence-corrected chi connectivity index (χ4v) is 4.42. The van der Waals surface area contributed by atoms with Crippen LogP contribution in [0, 0.1) is 0 Å². The molecule has 178 valence electrons. The molecule has 1 fully saturated rings. The topological polar surface area (TPSA) is 136 Å². The van der Waals surface area contributed by atoms with Crippen molar-refractivity contribution < 1.29 is 48.8 Å². The van der Waals surface area contributed by atoms with Crippen LogP contribution in [0.15, 0.2) is 42.5 Å². The number of benzene rings is 3. The SMILES string of the molecule is OC[C@H]1O[C@@H](Oc2ccc(-c3ccc4c(c3)OCO4)c3cc4c(cc23)OCO4)[C@H](O)[C@@H](O)[C@@H]1O. The van der Waals surface area contributed by atoms with E-state index >= 15 is 0 Å². The molecule has 0 unspecified atom stereocenters. The summed E-state index contributed by atoms with van der Waals surface area (Å²) in [7, 11) is 0. The molecule has 5 atom stereocenters. The van der Waals surface area contributed by atoms with E-state index in [1.54, 1.807) is 12.1 Å². The maximum atomic E-state index is 10.4. The Morgan fingerprint density at radius 3 is 2.15 bits per heavy atom. The Hall–Kier alpha value is -3.28. The average Bonchev–Trinajstić information content (AvgIpc) is 3.51. The summed E-state index contributed by atoms with van der Waals surface area (Å²) in [6, 6.07) is 12.8. The Bertz CT molecular complexity index is 1240. The Morgan fingerprint density at radius 1 is 0.735 bits per heavy atom. The molecule has 3 aromatic carbocycles. The van der Waals surface area contributed by atoms with Crippen LogP contribution < -0.4 is 23.7 Å². The van der Waals surface area contributed by atoms with Crippen molar-refractivity contribution in [3.63, 3.8) is 0 Å². The second-order valence-corrected chi connectivity index (χ2v) is 8.25. The highest BCUT2D eigenvalue weighted by molar-refractivity contribution is 6.02. The molecule has 0 spiro atoms. The first kappa shape index (κ1) is 21.3. The van der Waals surface area contributed by atoms with Crippen LogP contribution in [0.3, 0.4) is 0 Å². The van der Waals surface area contributed by atoms with E-state index in [4.69, 9.17) is 28.4 Å². The largest absolute Gasteiger partial charge is 0.461 e. The molecule has 10 heteroatoms. The highest BCUT2D eigenvalue weighted by Gasteiger charge is 2.44. The van der Waals surface area contributed by atoms with Crippen molar-refractivity contribution in [2.24, 2.45) is 0 Å². The number of fused-ring (bicyclic) bond motifs is 3. The van der Waals surface area contributed by atoms with Crippen LogP contribution in [-0.4, -0.2) is 71.3 Å². The molecule has 0 bridgehead atoms. The van der Waals surface area contributed by atoms with Crippen molar-refractivity contribution in [2.45, 2.75) is 30.7 Å². The molecule has 6 rings (SSSR count). The molecule has 3 aliphatic heterocycles. The van der Waals surface area contributed by atoms with Crippen LogP contribution in [0.1, 0.15) is 0 Å². The van der Waals surface area contributed by atoms with Gasteiger partial charge in [-0.2, -0.15) is 0 Å². The standard InChI is InChI=1S/C24H22O10/c25-8-20-21(26)22(27)23(28)24(34-20)33-15-4-2-12(11-1-3-16-17(5-11)30-9-29-16)13-6-18-19(7-14(13)15)32-10-31-18/h1-7,20-28H,8-10H2/t20-,21-,22+,23-,24-/m1/s1. The van der Waals surface area contributed by atoms with Crippen LogP contribution in [0.2, 0.25) is 0 Å². The van der Waals surface area contributed by atoms with Gasteiger partial charge in [0.05, 0.1) is 6.61 Å². The first-order chi connectivity index (χ1) is 16.5. The van der Waals surface area contributed by atoms with E-state index in [1.165, 1.54) is 0 Å². The van der Waals surface area contributed by atoms with Crippen LogP contribution in [0.4, 0.5) is 0 Å². The van der Waals surface area contributed by atoms with Crippen molar-refractivity contribution in [1.29, 1.82) is 0 Å². The van der Waals surface area contributed by atoms with E-state index in [2.05, 4.69) is 0 Å². The van der Waals surface area contributed by atoms with E-state index in [0.29, 0.717) is 34.1 Å². The first-order valence-corrected chi connectivity index (χ1v) is 10.8. The third-order valence-corrected chi connectivity index (χ3v) is 6.24. The number of hydrogen-bond donors (Lipinski definition) is 4. The van der Waals surface area contributed by atoms with Crippen LogP contribution in [-0.2, 0) is 4.74 Å². The number of ether oxygens (including phenoxy) is 6. The van der Waals surface area contributed by atoms with Crippen molar-refractivity contribution >= 4 is 10.8 Å². The minimum atomic E-state index is -1.55. The average molecular weight is 470 g/mol. The highest BCUT2D eigenvalue weighted by Crippen LogP contribution is 2.45. The molecule has 4 N–H and O–H groups in total. The molecule has 0 saturated carbocycles. The second-order valence-electron chi connectivity index (χ2n) is 8.25. The minimum absolute atomic E-state index is 0.0912. The lowest BCUT2D eigenvalue weighted by molar-refractivity contribution is -0.277. The van der Waals surface area contributed by atoms with Gasteiger partial charge in [0, 0.05) is 5.39 Å². The number of rotatable bonds is 4. The monoisotopic (exact) mass is 470 g/mol. The lowest BCUT2D eigenvalue weighted by Gasteiger charge is -2.39. The van der Waals surface area contributed by atoms with Crippen LogP contribution in [0.25, 0.3) is 21.9 Å². The van der Waals surface area contributed by atoms with Crippen molar-refractivity contribution in [1.82, 2.24) is 0 Å². The number of aliphatic hydroxyl groups is 4. The molecule has 3 aromatic rings. The van der Waals surface area contributed by atoms with Gasteiger partial charge < -0.3 is 48.8 Å². The van der Waals surface area contributed by atoms with Gasteiger partial charge in [-0.15, -0.1) is 0 Å². The molecule has 0 aliphatic carbocycles. The van der Waals surface area contributed by atoms with Crippen LogP contribution in [0.5, 0.6) is 28.7 Å². The first-order valence-electron chi connectivity index (χ1n) is 10.8. The summed E-state index contributed by atoms with van der Waals surface area (Å²) in [6.07, 6.45) is -6.95. The van der Waals surface area contributed by atoms with Gasteiger partial charge in [0.2, 0.25) is 19.9 Å². The Balaban J connectivity index is 1.43. The summed E-state index contributed by atoms with van der Waals surface area (Å²) < 4.78 is 33.5. The van der Waals surface area contributed by atoms with Gasteiger partial charge in [-0.1, -0.05) is 12.1 Å². The Morgan fingerprint density at radius 2 is 1.41 bits per heavy atom. The fourth-order valence-electron chi connectivity index (χ4n) is 4.42. The maximum absolute atomic E-state index is 10.4. The summed E-state index contributed by atoms with van der Waals surface area (Å²) in [5.74, 6) is 2.79. The zero-order chi connectivity index (χ0) is 23.4. The molecular formula is C24H22O10. The van der Waals surface area contributed by atoms with Crippen molar-refractivity contribution in [3.05, 3.63) is 42.5 Å². The van der Waals surface area contributed by atoms with E-state index in [9.17, 15) is 20.4 Å². The molecular weight excluding hydrogens is 448 g/mol. The molecule has 3 aliphatic rings.